The van der Waals surface area contributed by atoms with Crippen LogP contribution in [0.2, 0.25) is 0 Å². The second-order valence-corrected chi connectivity index (χ2v) is 7.64. The van der Waals surface area contributed by atoms with Gasteiger partial charge in [0.1, 0.15) is 17.2 Å². The van der Waals surface area contributed by atoms with Gasteiger partial charge in [-0.05, 0) is 18.2 Å². The van der Waals surface area contributed by atoms with E-state index in [0.29, 0.717) is 3.97 Å². The van der Waals surface area contributed by atoms with Crippen molar-refractivity contribution in [1.82, 2.24) is 19.3 Å². The fraction of sp³-hybridized carbons (Fsp3) is 0.167. The molecule has 3 rings (SSSR count). The molecule has 1 N–H and O–H groups in total. The van der Waals surface area contributed by atoms with E-state index in [2.05, 4.69) is 15.3 Å². The van der Waals surface area contributed by atoms with E-state index in [9.17, 15) is 17.6 Å². The van der Waals surface area contributed by atoms with Gasteiger partial charge in [-0.2, -0.15) is 4.39 Å². The van der Waals surface area contributed by atoms with Gasteiger partial charge in [-0.3, -0.25) is 0 Å². The maximum atomic E-state index is 15.2. The Balaban J connectivity index is 2.18. The maximum Gasteiger partial charge on any atom is 0.407 e. The number of pyridine rings is 2. The number of alkyl carbamates (subject to hydrolysis) is 1. The lowest BCUT2D eigenvalue weighted by atomic mass is 10.2. The van der Waals surface area contributed by atoms with Gasteiger partial charge in [-0.15, -0.1) is 0 Å². The summed E-state index contributed by atoms with van der Waals surface area (Å²) >= 11 is 0. The zero-order valence-electron chi connectivity index (χ0n) is 15.8. The van der Waals surface area contributed by atoms with E-state index in [0.717, 1.165) is 18.6 Å². The highest BCUT2D eigenvalue weighted by molar-refractivity contribution is 7.90. The average Bonchev–Trinajstić information content (AvgIpc) is 3.09. The van der Waals surface area contributed by atoms with E-state index in [-0.39, 0.29) is 21.9 Å². The maximum absolute atomic E-state index is 15.2. The normalized spacial score (nSPS) is 11.2. The number of hydrogen-bond donors (Lipinski definition) is 1. The van der Waals surface area contributed by atoms with E-state index in [1.165, 1.54) is 38.4 Å². The van der Waals surface area contributed by atoms with Crippen LogP contribution in [0.3, 0.4) is 0 Å². The van der Waals surface area contributed by atoms with Crippen LogP contribution in [0.4, 0.5) is 13.6 Å². The quantitative estimate of drug-likeness (QED) is 0.588. The van der Waals surface area contributed by atoms with Gasteiger partial charge in [-0.1, -0.05) is 0 Å². The molecular weight excluding hydrogens is 422 g/mol. The molecule has 0 unspecified atom stereocenters. The first-order valence-electron chi connectivity index (χ1n) is 8.40. The zero-order chi connectivity index (χ0) is 21.9. The van der Waals surface area contributed by atoms with E-state index in [1.807, 2.05) is 0 Å². The second kappa shape index (κ2) is 8.45. The average molecular weight is 438 g/mol. The molecule has 0 spiro atoms. The number of nitrogens with zero attached hydrogens (tertiary/aromatic N) is 3. The molecule has 12 heteroatoms. The predicted octanol–water partition coefficient (Wildman–Crippen LogP) is 2.32. The Bertz CT molecular complexity index is 1180. The monoisotopic (exact) mass is 438 g/mol. The van der Waals surface area contributed by atoms with Crippen LogP contribution < -0.4 is 10.1 Å². The summed E-state index contributed by atoms with van der Waals surface area (Å²) in [5.74, 6) is -1.97. The Morgan fingerprint density at radius 3 is 2.60 bits per heavy atom. The zero-order valence-corrected chi connectivity index (χ0v) is 16.6. The number of carbonyl (C=O) groups excluding carboxylic acids is 1. The highest BCUT2D eigenvalue weighted by Gasteiger charge is 2.29. The van der Waals surface area contributed by atoms with E-state index >= 15 is 4.39 Å². The summed E-state index contributed by atoms with van der Waals surface area (Å²) in [6, 6.07) is 5.04. The standard InChI is InChI=1S/C18H16F2N4O5S/c1-21-18(25)29-10-11-9-24(16(15(11)19)13-4-3-7-22-17(13)20)30(26,27)12-5-6-14(28-2)23-8-12/h3-9H,10H2,1-2H3,(H,21,25). The Kier molecular flexibility index (Phi) is 5.96. The molecule has 9 nitrogen and oxygen atoms in total. The molecule has 0 aromatic carbocycles. The minimum Gasteiger partial charge on any atom is -0.481 e. The van der Waals surface area contributed by atoms with Gasteiger partial charge in [0.15, 0.2) is 5.82 Å². The van der Waals surface area contributed by atoms with Crippen LogP contribution in [0.25, 0.3) is 11.3 Å². The molecular formula is C18H16F2N4O5S. The smallest absolute Gasteiger partial charge is 0.407 e. The van der Waals surface area contributed by atoms with Gasteiger partial charge >= 0.3 is 6.09 Å². The Labute approximate surface area is 170 Å². The summed E-state index contributed by atoms with van der Waals surface area (Å²) in [5.41, 5.74) is -1.25. The fourth-order valence-electron chi connectivity index (χ4n) is 2.57. The number of ether oxygens (including phenoxy) is 2. The summed E-state index contributed by atoms with van der Waals surface area (Å²) in [6.07, 6.45) is 2.23. The molecule has 0 radical (unpaired) electrons. The summed E-state index contributed by atoms with van der Waals surface area (Å²) in [4.78, 5) is 18.3. The van der Waals surface area contributed by atoms with Crippen LogP contribution in [0.1, 0.15) is 5.56 Å². The number of methoxy groups -OCH3 is 1. The molecule has 0 fully saturated rings. The lowest BCUT2D eigenvalue weighted by Crippen LogP contribution is -2.19. The highest BCUT2D eigenvalue weighted by Crippen LogP contribution is 2.32. The molecule has 0 aliphatic heterocycles. The number of rotatable bonds is 6. The number of aromatic nitrogens is 3. The van der Waals surface area contributed by atoms with Gasteiger partial charge in [-0.25, -0.2) is 31.5 Å². The first-order valence-corrected chi connectivity index (χ1v) is 9.84. The van der Waals surface area contributed by atoms with Crippen molar-refractivity contribution < 1.29 is 31.5 Å². The fourth-order valence-corrected chi connectivity index (χ4v) is 3.91. The van der Waals surface area contributed by atoms with Gasteiger partial charge in [0.25, 0.3) is 10.0 Å². The van der Waals surface area contributed by atoms with Crippen molar-refractivity contribution in [1.29, 1.82) is 0 Å². The van der Waals surface area contributed by atoms with Crippen LogP contribution in [0, 0.1) is 11.8 Å². The van der Waals surface area contributed by atoms with Crippen LogP contribution in [-0.4, -0.2) is 42.6 Å². The van der Waals surface area contributed by atoms with E-state index in [4.69, 9.17) is 9.47 Å². The summed E-state index contributed by atoms with van der Waals surface area (Å²) in [6.45, 7) is -0.580. The molecule has 30 heavy (non-hydrogen) atoms. The summed E-state index contributed by atoms with van der Waals surface area (Å²) < 4.78 is 66.0. The van der Waals surface area contributed by atoms with E-state index < -0.39 is 40.2 Å². The van der Waals surface area contributed by atoms with Crippen LogP contribution in [-0.2, 0) is 21.4 Å². The van der Waals surface area contributed by atoms with Crippen molar-refractivity contribution in [3.8, 4) is 17.1 Å². The molecule has 3 aromatic rings. The topological polar surface area (TPSA) is 112 Å². The van der Waals surface area contributed by atoms with Crippen LogP contribution >= 0.6 is 0 Å². The van der Waals surface area contributed by atoms with E-state index in [1.54, 1.807) is 0 Å². The molecule has 3 heterocycles. The molecule has 0 bridgehead atoms. The number of halogens is 2. The summed E-state index contributed by atoms with van der Waals surface area (Å²) in [7, 11) is -1.73. The van der Waals surface area contributed by atoms with Crippen LogP contribution in [0.15, 0.2) is 47.8 Å². The van der Waals surface area contributed by atoms with Crippen molar-refractivity contribution in [2.45, 2.75) is 11.5 Å². The molecule has 0 aliphatic carbocycles. The molecule has 0 saturated heterocycles. The summed E-state index contributed by atoms with van der Waals surface area (Å²) in [5, 5.41) is 2.19. The Hall–Kier alpha value is -3.54. The third-order valence-corrected chi connectivity index (χ3v) is 5.68. The highest BCUT2D eigenvalue weighted by atomic mass is 32.2. The lowest BCUT2D eigenvalue weighted by Gasteiger charge is -2.11. The van der Waals surface area contributed by atoms with Crippen molar-refractivity contribution in [3.05, 3.63) is 60.2 Å². The van der Waals surface area contributed by atoms with Crippen molar-refractivity contribution in [3.63, 3.8) is 0 Å². The first kappa shape index (κ1) is 21.2. The van der Waals surface area contributed by atoms with Gasteiger partial charge in [0, 0.05) is 31.1 Å². The molecule has 158 valence electrons. The van der Waals surface area contributed by atoms with Crippen molar-refractivity contribution in [2.24, 2.45) is 0 Å². The van der Waals surface area contributed by atoms with Gasteiger partial charge < -0.3 is 14.8 Å². The molecule has 0 atom stereocenters. The Morgan fingerprint density at radius 2 is 2.00 bits per heavy atom. The molecule has 0 aliphatic rings. The molecule has 1 amide bonds. The first-order chi connectivity index (χ1) is 14.3. The van der Waals surface area contributed by atoms with Crippen LogP contribution in [0.5, 0.6) is 5.88 Å². The van der Waals surface area contributed by atoms with Crippen molar-refractivity contribution >= 4 is 16.1 Å². The Morgan fingerprint density at radius 1 is 1.23 bits per heavy atom. The lowest BCUT2D eigenvalue weighted by molar-refractivity contribution is 0.141. The number of amides is 1. The van der Waals surface area contributed by atoms with Gasteiger partial charge in [0.05, 0.1) is 18.9 Å². The molecule has 0 saturated carbocycles. The number of nitrogens with one attached hydrogen (secondary N) is 1. The minimum atomic E-state index is -4.40. The van der Waals surface area contributed by atoms with Crippen molar-refractivity contribution in [2.75, 3.05) is 14.2 Å². The largest absolute Gasteiger partial charge is 0.481 e. The minimum absolute atomic E-state index is 0.172. The third-order valence-electron chi connectivity index (χ3n) is 4.04. The SMILES string of the molecule is CNC(=O)OCc1cn(S(=O)(=O)c2ccc(OC)nc2)c(-c2cccnc2F)c1F. The number of hydrogen-bond acceptors (Lipinski definition) is 7. The second-order valence-electron chi connectivity index (χ2n) is 5.82. The molecule has 3 aromatic heterocycles. The predicted molar refractivity (Wildman–Crippen MR) is 100 cm³/mol. The van der Waals surface area contributed by atoms with Gasteiger partial charge in [0.2, 0.25) is 11.8 Å². The number of carbonyl (C=O) groups is 1. The third kappa shape index (κ3) is 3.94.